The van der Waals surface area contributed by atoms with Crippen LogP contribution in [0.4, 0.5) is 10.1 Å². The molecule has 1 aliphatic rings. The van der Waals surface area contributed by atoms with Gasteiger partial charge in [0.15, 0.2) is 0 Å². The van der Waals surface area contributed by atoms with E-state index in [1.807, 2.05) is 26.0 Å². The van der Waals surface area contributed by atoms with Gasteiger partial charge in [-0.3, -0.25) is 15.0 Å². The summed E-state index contributed by atoms with van der Waals surface area (Å²) in [5.74, 6) is -1.52. The van der Waals surface area contributed by atoms with Crippen molar-refractivity contribution in [2.24, 2.45) is 0 Å². The maximum absolute atomic E-state index is 13.7. The number of amides is 2. The highest BCUT2D eigenvalue weighted by Crippen LogP contribution is 2.24. The fraction of sp³-hybridized carbons (Fsp3) is 0.111. The van der Waals surface area contributed by atoms with Crippen LogP contribution >= 0.6 is 0 Å². The first kappa shape index (κ1) is 15.0. The number of hydrogen-bond acceptors (Lipinski definition) is 2. The van der Waals surface area contributed by atoms with E-state index in [-0.39, 0.29) is 11.1 Å². The molecule has 0 spiro atoms. The zero-order valence-electron chi connectivity index (χ0n) is 12.8. The summed E-state index contributed by atoms with van der Waals surface area (Å²) in [4.78, 5) is 24.6. The normalized spacial score (nSPS) is 16.1. The van der Waals surface area contributed by atoms with E-state index in [2.05, 4.69) is 5.43 Å². The smallest absolute Gasteiger partial charge is 0.267 e. The summed E-state index contributed by atoms with van der Waals surface area (Å²) in [5, 5.41) is 1.18. The Morgan fingerprint density at radius 1 is 1.04 bits per heavy atom. The average Bonchev–Trinajstić information content (AvgIpc) is 2.80. The quantitative estimate of drug-likeness (QED) is 0.685. The van der Waals surface area contributed by atoms with Gasteiger partial charge < -0.3 is 0 Å². The van der Waals surface area contributed by atoms with Crippen LogP contribution in [0.15, 0.2) is 48.0 Å². The molecule has 1 heterocycles. The van der Waals surface area contributed by atoms with Gasteiger partial charge in [-0.15, -0.1) is 0 Å². The second kappa shape index (κ2) is 5.68. The maximum Gasteiger partial charge on any atom is 0.282 e. The van der Waals surface area contributed by atoms with E-state index in [4.69, 9.17) is 0 Å². The Balaban J connectivity index is 1.97. The molecule has 0 aromatic heterocycles. The van der Waals surface area contributed by atoms with E-state index >= 15 is 0 Å². The summed E-state index contributed by atoms with van der Waals surface area (Å²) in [6.45, 7) is 3.89. The third-order valence-electron chi connectivity index (χ3n) is 3.85. The molecule has 1 aliphatic heterocycles. The number of rotatable bonds is 2. The first-order chi connectivity index (χ1) is 11.0. The van der Waals surface area contributed by atoms with Crippen LogP contribution in [0.1, 0.15) is 16.7 Å². The number of halogens is 1. The van der Waals surface area contributed by atoms with Gasteiger partial charge >= 0.3 is 0 Å². The SMILES string of the molecule is Cc1ccc(N2NC(=O)/C(=C/c3ccccc3F)C2=O)cc1C. The summed E-state index contributed by atoms with van der Waals surface area (Å²) in [7, 11) is 0. The number of hydrazine groups is 1. The summed E-state index contributed by atoms with van der Waals surface area (Å²) >= 11 is 0. The van der Waals surface area contributed by atoms with Crippen molar-refractivity contribution in [2.45, 2.75) is 13.8 Å². The Bertz CT molecular complexity index is 843. The highest BCUT2D eigenvalue weighted by atomic mass is 19.1. The molecule has 4 nitrogen and oxygen atoms in total. The van der Waals surface area contributed by atoms with Crippen molar-refractivity contribution >= 4 is 23.6 Å². The van der Waals surface area contributed by atoms with Crippen LogP contribution in [0, 0.1) is 19.7 Å². The van der Waals surface area contributed by atoms with E-state index in [0.29, 0.717) is 5.69 Å². The molecule has 1 N–H and O–H groups in total. The van der Waals surface area contributed by atoms with E-state index < -0.39 is 17.6 Å². The molecule has 2 aromatic rings. The Labute approximate surface area is 133 Å². The van der Waals surface area contributed by atoms with Crippen molar-refractivity contribution in [1.29, 1.82) is 0 Å². The van der Waals surface area contributed by atoms with Crippen LogP contribution < -0.4 is 10.4 Å². The lowest BCUT2D eigenvalue weighted by Crippen LogP contribution is -2.35. The van der Waals surface area contributed by atoms with Gasteiger partial charge in [0.25, 0.3) is 11.8 Å². The lowest BCUT2D eigenvalue weighted by Gasteiger charge is -2.15. The van der Waals surface area contributed by atoms with E-state index in [1.165, 1.54) is 23.2 Å². The average molecular weight is 310 g/mol. The lowest BCUT2D eigenvalue weighted by molar-refractivity contribution is -0.117. The van der Waals surface area contributed by atoms with Crippen LogP contribution in [0.25, 0.3) is 6.08 Å². The van der Waals surface area contributed by atoms with Crippen molar-refractivity contribution in [3.05, 3.63) is 70.5 Å². The molecule has 0 aliphatic carbocycles. The molecule has 0 saturated carbocycles. The van der Waals surface area contributed by atoms with Gasteiger partial charge in [-0.2, -0.15) is 0 Å². The van der Waals surface area contributed by atoms with Gasteiger partial charge in [0, 0.05) is 5.56 Å². The highest BCUT2D eigenvalue weighted by molar-refractivity contribution is 6.31. The molecule has 0 bridgehead atoms. The minimum absolute atomic E-state index is 0.0895. The fourth-order valence-corrected chi connectivity index (χ4v) is 2.35. The molecule has 116 valence electrons. The Kier molecular flexibility index (Phi) is 3.70. The number of hydrogen-bond donors (Lipinski definition) is 1. The summed E-state index contributed by atoms with van der Waals surface area (Å²) in [5.41, 5.74) is 5.30. The summed E-state index contributed by atoms with van der Waals surface area (Å²) in [6, 6.07) is 11.4. The summed E-state index contributed by atoms with van der Waals surface area (Å²) < 4.78 is 13.7. The van der Waals surface area contributed by atoms with Crippen molar-refractivity contribution in [3.8, 4) is 0 Å². The zero-order chi connectivity index (χ0) is 16.6. The molecule has 3 rings (SSSR count). The Morgan fingerprint density at radius 3 is 2.48 bits per heavy atom. The molecule has 0 atom stereocenters. The van der Waals surface area contributed by atoms with Crippen molar-refractivity contribution in [3.63, 3.8) is 0 Å². The maximum atomic E-state index is 13.7. The van der Waals surface area contributed by atoms with Crippen LogP contribution in [0.5, 0.6) is 0 Å². The van der Waals surface area contributed by atoms with Gasteiger partial charge in [0.1, 0.15) is 11.4 Å². The Hall–Kier alpha value is -2.95. The summed E-state index contributed by atoms with van der Waals surface area (Å²) in [6.07, 6.45) is 1.27. The number of aryl methyl sites for hydroxylation is 2. The van der Waals surface area contributed by atoms with Gasteiger partial charge in [0.05, 0.1) is 5.69 Å². The van der Waals surface area contributed by atoms with Gasteiger partial charge in [0.2, 0.25) is 0 Å². The minimum atomic E-state index is -0.545. The number of carbonyl (C=O) groups excluding carboxylic acids is 2. The molecule has 1 fully saturated rings. The van der Waals surface area contributed by atoms with E-state index in [1.54, 1.807) is 18.2 Å². The molecule has 5 heteroatoms. The molecule has 0 radical (unpaired) electrons. The molecular weight excluding hydrogens is 295 g/mol. The first-order valence-corrected chi connectivity index (χ1v) is 7.16. The van der Waals surface area contributed by atoms with Crippen LogP contribution in [-0.4, -0.2) is 11.8 Å². The van der Waals surface area contributed by atoms with Crippen molar-refractivity contribution < 1.29 is 14.0 Å². The first-order valence-electron chi connectivity index (χ1n) is 7.16. The predicted molar refractivity (Wildman–Crippen MR) is 85.9 cm³/mol. The highest BCUT2D eigenvalue weighted by Gasteiger charge is 2.34. The van der Waals surface area contributed by atoms with Gasteiger partial charge in [-0.05, 0) is 49.2 Å². The third-order valence-corrected chi connectivity index (χ3v) is 3.85. The number of nitrogens with zero attached hydrogens (tertiary/aromatic N) is 1. The number of nitrogens with one attached hydrogen (secondary N) is 1. The second-order valence-electron chi connectivity index (χ2n) is 5.43. The molecule has 0 unspecified atom stereocenters. The van der Waals surface area contributed by atoms with E-state index in [9.17, 15) is 14.0 Å². The fourth-order valence-electron chi connectivity index (χ4n) is 2.35. The van der Waals surface area contributed by atoms with Gasteiger partial charge in [-0.25, -0.2) is 9.40 Å². The number of carbonyl (C=O) groups is 2. The molecule has 23 heavy (non-hydrogen) atoms. The molecule has 2 amide bonds. The largest absolute Gasteiger partial charge is 0.282 e. The second-order valence-corrected chi connectivity index (χ2v) is 5.43. The van der Waals surface area contributed by atoms with Crippen LogP contribution in [0.3, 0.4) is 0 Å². The lowest BCUT2D eigenvalue weighted by atomic mass is 10.1. The monoisotopic (exact) mass is 310 g/mol. The molecular formula is C18H15FN2O2. The van der Waals surface area contributed by atoms with Crippen molar-refractivity contribution in [2.75, 3.05) is 5.01 Å². The predicted octanol–water partition coefficient (Wildman–Crippen LogP) is 2.90. The molecule has 1 saturated heterocycles. The third kappa shape index (κ3) is 2.73. The zero-order valence-corrected chi connectivity index (χ0v) is 12.8. The minimum Gasteiger partial charge on any atom is -0.267 e. The molecule has 2 aromatic carbocycles. The number of anilines is 1. The Morgan fingerprint density at radius 2 is 1.78 bits per heavy atom. The topological polar surface area (TPSA) is 49.4 Å². The number of benzene rings is 2. The standard InChI is InChI=1S/C18H15FN2O2/c1-11-7-8-14(9-12(11)2)21-18(23)15(17(22)20-21)10-13-5-3-4-6-16(13)19/h3-10H,1-2H3,(H,20,22)/b15-10-. The van der Waals surface area contributed by atoms with Crippen LogP contribution in [0.2, 0.25) is 0 Å². The van der Waals surface area contributed by atoms with Crippen molar-refractivity contribution in [1.82, 2.24) is 5.43 Å². The van der Waals surface area contributed by atoms with E-state index in [0.717, 1.165) is 11.1 Å². The van der Waals surface area contributed by atoms with Gasteiger partial charge in [-0.1, -0.05) is 24.3 Å². The van der Waals surface area contributed by atoms with Crippen LogP contribution in [-0.2, 0) is 9.59 Å².